The number of aliphatic hydroxyl groups excluding tert-OH is 1. The van der Waals surface area contributed by atoms with Gasteiger partial charge in [-0.3, -0.25) is 9.59 Å². The van der Waals surface area contributed by atoms with Crippen molar-refractivity contribution in [3.63, 3.8) is 0 Å². The number of likely N-dealkylation sites (tertiary alicyclic amines) is 1. The molecule has 1 aromatic carbocycles. The lowest BCUT2D eigenvalue weighted by Gasteiger charge is -2.17. The van der Waals surface area contributed by atoms with Crippen LogP contribution in [0.4, 0.5) is 0 Å². The maximum atomic E-state index is 12.2. The molecule has 126 valence electrons. The first-order chi connectivity index (χ1) is 11.6. The van der Waals surface area contributed by atoms with Crippen LogP contribution < -0.4 is 5.32 Å². The number of aliphatic hydroxyl groups is 1. The number of amides is 2. The summed E-state index contributed by atoms with van der Waals surface area (Å²) in [6.45, 7) is 0.977. The van der Waals surface area contributed by atoms with Crippen molar-refractivity contribution in [3.05, 3.63) is 60.1 Å². The monoisotopic (exact) mass is 328 g/mol. The summed E-state index contributed by atoms with van der Waals surface area (Å²) in [7, 11) is 0. The van der Waals surface area contributed by atoms with Crippen LogP contribution in [0.3, 0.4) is 0 Å². The van der Waals surface area contributed by atoms with Crippen molar-refractivity contribution < 1.29 is 19.1 Å². The molecule has 6 nitrogen and oxygen atoms in total. The first kappa shape index (κ1) is 16.3. The van der Waals surface area contributed by atoms with E-state index in [4.69, 9.17) is 4.42 Å². The molecule has 1 aliphatic heterocycles. The lowest BCUT2D eigenvalue weighted by atomic mass is 10.1. The molecule has 2 atom stereocenters. The number of furan rings is 1. The van der Waals surface area contributed by atoms with Gasteiger partial charge in [0.2, 0.25) is 11.8 Å². The summed E-state index contributed by atoms with van der Waals surface area (Å²) < 4.78 is 5.09. The Hall–Kier alpha value is -2.60. The second kappa shape index (κ2) is 7.31. The minimum absolute atomic E-state index is 0.0226. The fourth-order valence-corrected chi connectivity index (χ4v) is 2.83. The lowest BCUT2D eigenvalue weighted by Crippen LogP contribution is -2.35. The molecule has 0 radical (unpaired) electrons. The Morgan fingerprint density at radius 1 is 1.29 bits per heavy atom. The van der Waals surface area contributed by atoms with E-state index >= 15 is 0 Å². The molecular weight excluding hydrogens is 308 g/mol. The molecule has 2 heterocycles. The van der Waals surface area contributed by atoms with Gasteiger partial charge in [0.25, 0.3) is 0 Å². The molecule has 2 aromatic rings. The fourth-order valence-electron chi connectivity index (χ4n) is 2.83. The van der Waals surface area contributed by atoms with Crippen LogP contribution in [0.5, 0.6) is 0 Å². The van der Waals surface area contributed by atoms with Crippen molar-refractivity contribution >= 4 is 11.8 Å². The van der Waals surface area contributed by atoms with Crippen molar-refractivity contribution in [2.45, 2.75) is 19.1 Å². The van der Waals surface area contributed by atoms with Gasteiger partial charge in [0.15, 0.2) is 0 Å². The number of hydrogen-bond acceptors (Lipinski definition) is 4. The predicted molar refractivity (Wildman–Crippen MR) is 86.6 cm³/mol. The van der Waals surface area contributed by atoms with Gasteiger partial charge in [0.1, 0.15) is 11.9 Å². The number of nitrogens with one attached hydrogen (secondary N) is 1. The van der Waals surface area contributed by atoms with E-state index in [2.05, 4.69) is 5.32 Å². The van der Waals surface area contributed by atoms with Crippen LogP contribution in [0, 0.1) is 5.92 Å². The largest absolute Gasteiger partial charge is 0.467 e. The zero-order valence-electron chi connectivity index (χ0n) is 13.2. The van der Waals surface area contributed by atoms with Gasteiger partial charge in [0.05, 0.1) is 18.7 Å². The Bertz CT molecular complexity index is 684. The van der Waals surface area contributed by atoms with Crippen molar-refractivity contribution in [2.24, 2.45) is 5.92 Å². The van der Waals surface area contributed by atoms with Crippen LogP contribution >= 0.6 is 0 Å². The van der Waals surface area contributed by atoms with E-state index in [9.17, 15) is 14.7 Å². The van der Waals surface area contributed by atoms with Gasteiger partial charge in [-0.1, -0.05) is 30.3 Å². The highest BCUT2D eigenvalue weighted by Gasteiger charge is 2.34. The second-order valence-corrected chi connectivity index (χ2v) is 5.94. The average molecular weight is 328 g/mol. The van der Waals surface area contributed by atoms with Crippen molar-refractivity contribution in [3.8, 4) is 0 Å². The minimum atomic E-state index is -0.888. The molecule has 0 spiro atoms. The topological polar surface area (TPSA) is 82.8 Å². The Morgan fingerprint density at radius 2 is 2.08 bits per heavy atom. The normalized spacial score (nSPS) is 18.6. The highest BCUT2D eigenvalue weighted by atomic mass is 16.4. The van der Waals surface area contributed by atoms with Gasteiger partial charge in [-0.15, -0.1) is 0 Å². The van der Waals surface area contributed by atoms with E-state index in [1.165, 1.54) is 6.26 Å². The Kier molecular flexibility index (Phi) is 4.96. The molecule has 3 rings (SSSR count). The number of benzene rings is 1. The third kappa shape index (κ3) is 3.83. The van der Waals surface area contributed by atoms with Gasteiger partial charge in [-0.05, 0) is 17.7 Å². The fraction of sp³-hybridized carbons (Fsp3) is 0.333. The molecule has 6 heteroatoms. The van der Waals surface area contributed by atoms with Crippen LogP contribution in [-0.2, 0) is 16.1 Å². The molecule has 2 N–H and O–H groups in total. The Balaban J connectivity index is 1.50. The minimum Gasteiger partial charge on any atom is -0.467 e. The van der Waals surface area contributed by atoms with Crippen molar-refractivity contribution in [1.29, 1.82) is 0 Å². The molecule has 2 unspecified atom stereocenters. The van der Waals surface area contributed by atoms with Crippen LogP contribution in [-0.4, -0.2) is 34.9 Å². The van der Waals surface area contributed by atoms with Gasteiger partial charge < -0.3 is 19.7 Å². The highest BCUT2D eigenvalue weighted by molar-refractivity contribution is 5.89. The standard InChI is InChI=1S/C18H20N2O4/c21-15(16-7-4-8-24-16)10-19-18(23)14-9-17(22)20(12-14)11-13-5-2-1-3-6-13/h1-8,14-15,21H,9-12H2,(H,19,23). The quantitative estimate of drug-likeness (QED) is 0.841. The molecule has 0 bridgehead atoms. The first-order valence-corrected chi connectivity index (χ1v) is 7.94. The van der Waals surface area contributed by atoms with Crippen LogP contribution in [0.25, 0.3) is 0 Å². The maximum Gasteiger partial charge on any atom is 0.225 e. The number of hydrogen-bond donors (Lipinski definition) is 2. The summed E-state index contributed by atoms with van der Waals surface area (Å²) in [5.74, 6) is -0.219. The van der Waals surface area contributed by atoms with Crippen LogP contribution in [0.15, 0.2) is 53.1 Å². The Labute approximate surface area is 140 Å². The smallest absolute Gasteiger partial charge is 0.225 e. The van der Waals surface area contributed by atoms with Crippen LogP contribution in [0.2, 0.25) is 0 Å². The van der Waals surface area contributed by atoms with E-state index in [-0.39, 0.29) is 30.7 Å². The highest BCUT2D eigenvalue weighted by Crippen LogP contribution is 2.21. The molecule has 1 aromatic heterocycles. The zero-order valence-corrected chi connectivity index (χ0v) is 13.2. The molecule has 1 saturated heterocycles. The number of carbonyl (C=O) groups is 2. The summed E-state index contributed by atoms with van der Waals surface area (Å²) in [6.07, 6.45) is 0.786. The summed E-state index contributed by atoms with van der Waals surface area (Å²) in [4.78, 5) is 26.0. The second-order valence-electron chi connectivity index (χ2n) is 5.94. The molecule has 0 aliphatic carbocycles. The van der Waals surface area contributed by atoms with Gasteiger partial charge in [0, 0.05) is 19.5 Å². The SMILES string of the molecule is O=C(NCC(O)c1ccco1)C1CC(=O)N(Cc2ccccc2)C1. The third-order valence-corrected chi connectivity index (χ3v) is 4.14. The average Bonchev–Trinajstić information content (AvgIpc) is 3.24. The molecule has 2 amide bonds. The number of nitrogens with zero attached hydrogens (tertiary/aromatic N) is 1. The van der Waals surface area contributed by atoms with E-state index in [0.29, 0.717) is 18.8 Å². The maximum absolute atomic E-state index is 12.2. The summed E-state index contributed by atoms with van der Waals surface area (Å²) in [6, 6.07) is 13.0. The summed E-state index contributed by atoms with van der Waals surface area (Å²) >= 11 is 0. The number of carbonyl (C=O) groups excluding carboxylic acids is 2. The van der Waals surface area contributed by atoms with E-state index in [0.717, 1.165) is 5.56 Å². The number of rotatable bonds is 6. The lowest BCUT2D eigenvalue weighted by molar-refractivity contribution is -0.129. The van der Waals surface area contributed by atoms with Gasteiger partial charge >= 0.3 is 0 Å². The third-order valence-electron chi connectivity index (χ3n) is 4.14. The molecule has 24 heavy (non-hydrogen) atoms. The predicted octanol–water partition coefficient (Wildman–Crippen LogP) is 1.48. The van der Waals surface area contributed by atoms with Crippen molar-refractivity contribution in [1.82, 2.24) is 10.2 Å². The molecular formula is C18H20N2O4. The van der Waals surface area contributed by atoms with E-state index in [1.54, 1.807) is 17.0 Å². The van der Waals surface area contributed by atoms with Gasteiger partial charge in [-0.25, -0.2) is 0 Å². The zero-order chi connectivity index (χ0) is 16.9. The van der Waals surface area contributed by atoms with E-state index < -0.39 is 6.10 Å². The Morgan fingerprint density at radius 3 is 2.79 bits per heavy atom. The molecule has 1 fully saturated rings. The molecule has 1 aliphatic rings. The summed E-state index contributed by atoms with van der Waals surface area (Å²) in [5.41, 5.74) is 1.04. The van der Waals surface area contributed by atoms with Gasteiger partial charge in [-0.2, -0.15) is 0 Å². The molecule has 0 saturated carbocycles. The first-order valence-electron chi connectivity index (χ1n) is 7.94. The summed E-state index contributed by atoms with van der Waals surface area (Å²) in [5, 5.41) is 12.6. The van der Waals surface area contributed by atoms with E-state index in [1.807, 2.05) is 30.3 Å². The van der Waals surface area contributed by atoms with Crippen LogP contribution in [0.1, 0.15) is 23.8 Å². The van der Waals surface area contributed by atoms with Crippen molar-refractivity contribution in [2.75, 3.05) is 13.1 Å².